The third-order valence-electron chi connectivity index (χ3n) is 3.10. The molecule has 0 radical (unpaired) electrons. The molecule has 128 valence electrons. The van der Waals surface area contributed by atoms with Gasteiger partial charge in [-0.1, -0.05) is 6.07 Å². The second-order valence-electron chi connectivity index (χ2n) is 5.35. The zero-order chi connectivity index (χ0) is 17.7. The highest BCUT2D eigenvalue weighted by Crippen LogP contribution is 2.14. The lowest BCUT2D eigenvalue weighted by molar-refractivity contribution is 0.251. The Morgan fingerprint density at radius 1 is 1.21 bits per heavy atom. The van der Waals surface area contributed by atoms with Crippen molar-refractivity contribution in [2.45, 2.75) is 11.6 Å². The average molecular weight is 349 g/mol. The largest absolute Gasteiger partial charge is 0.362 e. The maximum Gasteiger partial charge on any atom is 0.319 e. The number of rotatable bonds is 5. The summed E-state index contributed by atoms with van der Waals surface area (Å²) in [5.74, 6) is 0.775. The van der Waals surface area contributed by atoms with E-state index in [2.05, 4.69) is 20.6 Å². The lowest BCUT2D eigenvalue weighted by Gasteiger charge is -2.16. The number of nitrogens with zero attached hydrogens (tertiary/aromatic N) is 3. The number of hydrogen-bond acceptors (Lipinski definition) is 6. The van der Waals surface area contributed by atoms with Crippen LogP contribution in [0.5, 0.6) is 0 Å². The third kappa shape index (κ3) is 4.66. The summed E-state index contributed by atoms with van der Waals surface area (Å²) in [6, 6.07) is 6.09. The molecule has 0 fully saturated rings. The van der Waals surface area contributed by atoms with Crippen LogP contribution in [0.1, 0.15) is 5.56 Å². The minimum absolute atomic E-state index is 0.0422. The summed E-state index contributed by atoms with van der Waals surface area (Å²) in [6.45, 7) is 0.308. The van der Waals surface area contributed by atoms with Crippen LogP contribution < -0.4 is 15.5 Å². The van der Waals surface area contributed by atoms with Gasteiger partial charge in [-0.2, -0.15) is 0 Å². The van der Waals surface area contributed by atoms with Crippen molar-refractivity contribution in [3.63, 3.8) is 0 Å². The van der Waals surface area contributed by atoms with Crippen LogP contribution >= 0.6 is 0 Å². The molecule has 0 atom stereocenters. The molecule has 0 aliphatic rings. The van der Waals surface area contributed by atoms with Crippen LogP contribution in [-0.4, -0.2) is 44.8 Å². The summed E-state index contributed by atoms with van der Waals surface area (Å²) >= 11 is 0. The van der Waals surface area contributed by atoms with Crippen LogP contribution in [0.4, 0.5) is 16.3 Å². The first-order chi connectivity index (χ1) is 11.3. The summed E-state index contributed by atoms with van der Waals surface area (Å²) in [7, 11) is 0.394. The van der Waals surface area contributed by atoms with Crippen LogP contribution in [0, 0.1) is 0 Å². The quantitative estimate of drug-likeness (QED) is 0.842. The minimum Gasteiger partial charge on any atom is -0.362 e. The molecule has 2 heterocycles. The number of sulfone groups is 1. The van der Waals surface area contributed by atoms with Gasteiger partial charge in [0.25, 0.3) is 0 Å². The van der Waals surface area contributed by atoms with E-state index in [1.807, 2.05) is 25.1 Å². The van der Waals surface area contributed by atoms with Crippen LogP contribution in [-0.2, 0) is 16.4 Å². The maximum absolute atomic E-state index is 11.9. The van der Waals surface area contributed by atoms with Crippen molar-refractivity contribution in [1.82, 2.24) is 15.3 Å². The molecule has 0 unspecified atom stereocenters. The predicted octanol–water partition coefficient (Wildman–Crippen LogP) is 1.27. The van der Waals surface area contributed by atoms with E-state index < -0.39 is 15.9 Å². The monoisotopic (exact) mass is 349 g/mol. The van der Waals surface area contributed by atoms with Gasteiger partial charge in [-0.05, 0) is 18.2 Å². The van der Waals surface area contributed by atoms with Crippen molar-refractivity contribution < 1.29 is 13.2 Å². The Balaban J connectivity index is 1.97. The second-order valence-corrected chi connectivity index (χ2v) is 7.31. The van der Waals surface area contributed by atoms with Crippen LogP contribution in [0.3, 0.4) is 0 Å². The molecule has 8 nitrogen and oxygen atoms in total. The summed E-state index contributed by atoms with van der Waals surface area (Å²) in [4.78, 5) is 21.9. The molecule has 2 aromatic rings. The highest BCUT2D eigenvalue weighted by Gasteiger charge is 2.10. The predicted molar refractivity (Wildman–Crippen MR) is 91.8 cm³/mol. The fraction of sp³-hybridized carbons (Fsp3) is 0.267. The first-order valence-electron chi connectivity index (χ1n) is 7.09. The smallest absolute Gasteiger partial charge is 0.319 e. The number of nitrogens with one attached hydrogen (secondary N) is 2. The SMILES string of the molecule is CN(C)c1ncccc1CNC(=O)Nc1ccc(S(C)(=O)=O)nc1. The van der Waals surface area contributed by atoms with Gasteiger partial charge >= 0.3 is 6.03 Å². The second kappa shape index (κ2) is 7.26. The molecular formula is C15H19N5O3S. The van der Waals surface area contributed by atoms with Gasteiger partial charge in [-0.15, -0.1) is 0 Å². The Hall–Kier alpha value is -2.68. The molecule has 9 heteroatoms. The number of carbonyl (C=O) groups excluding carboxylic acids is 1. The number of aromatic nitrogens is 2. The molecular weight excluding hydrogens is 330 g/mol. The molecule has 0 saturated heterocycles. The third-order valence-corrected chi connectivity index (χ3v) is 4.11. The van der Waals surface area contributed by atoms with E-state index in [4.69, 9.17) is 0 Å². The molecule has 0 aliphatic heterocycles. The molecule has 24 heavy (non-hydrogen) atoms. The molecule has 0 aromatic carbocycles. The van der Waals surface area contributed by atoms with Gasteiger partial charge in [0, 0.05) is 38.7 Å². The minimum atomic E-state index is -3.36. The number of urea groups is 1. The van der Waals surface area contributed by atoms with E-state index in [1.54, 1.807) is 12.3 Å². The Morgan fingerprint density at radius 2 is 1.96 bits per heavy atom. The Labute approximate surface area is 140 Å². The van der Waals surface area contributed by atoms with Gasteiger partial charge < -0.3 is 15.5 Å². The summed E-state index contributed by atoms with van der Waals surface area (Å²) < 4.78 is 22.7. The molecule has 2 aromatic heterocycles. The van der Waals surface area contributed by atoms with E-state index in [9.17, 15) is 13.2 Å². The highest BCUT2D eigenvalue weighted by atomic mass is 32.2. The Kier molecular flexibility index (Phi) is 5.35. The van der Waals surface area contributed by atoms with E-state index in [0.717, 1.165) is 17.6 Å². The molecule has 2 rings (SSSR count). The Bertz CT molecular complexity index is 819. The Morgan fingerprint density at radius 3 is 2.54 bits per heavy atom. The van der Waals surface area contributed by atoms with Crippen LogP contribution in [0.2, 0.25) is 0 Å². The number of pyridine rings is 2. The van der Waals surface area contributed by atoms with Crippen LogP contribution in [0.15, 0.2) is 41.7 Å². The number of anilines is 2. The van der Waals surface area contributed by atoms with Gasteiger partial charge in [0.1, 0.15) is 5.82 Å². The summed E-state index contributed by atoms with van der Waals surface area (Å²) in [5, 5.41) is 5.28. The average Bonchev–Trinajstić information content (AvgIpc) is 2.53. The topological polar surface area (TPSA) is 104 Å². The van der Waals surface area contributed by atoms with Gasteiger partial charge in [-0.25, -0.2) is 23.2 Å². The molecule has 2 amide bonds. The zero-order valence-electron chi connectivity index (χ0n) is 13.6. The summed E-state index contributed by atoms with van der Waals surface area (Å²) in [6.07, 6.45) is 4.06. The normalized spacial score (nSPS) is 11.0. The molecule has 0 aliphatic carbocycles. The first kappa shape index (κ1) is 17.7. The lowest BCUT2D eigenvalue weighted by Crippen LogP contribution is -2.29. The van der Waals surface area contributed by atoms with Gasteiger partial charge in [0.15, 0.2) is 14.9 Å². The number of hydrogen-bond donors (Lipinski definition) is 2. The molecule has 2 N–H and O–H groups in total. The summed E-state index contributed by atoms with van der Waals surface area (Å²) in [5.41, 5.74) is 1.28. The fourth-order valence-corrected chi connectivity index (χ4v) is 2.55. The van der Waals surface area contributed by atoms with Crippen molar-refractivity contribution in [3.05, 3.63) is 42.2 Å². The van der Waals surface area contributed by atoms with E-state index in [-0.39, 0.29) is 5.03 Å². The number of carbonyl (C=O) groups is 1. The van der Waals surface area contributed by atoms with Crippen molar-refractivity contribution >= 4 is 27.4 Å². The number of amides is 2. The molecule has 0 bridgehead atoms. The standard InChI is InChI=1S/C15H19N5O3S/c1-20(2)14-11(5-4-8-16-14)9-18-15(21)19-12-6-7-13(17-10-12)24(3,22)23/h4-8,10H,9H2,1-3H3,(H2,18,19,21). The molecule has 0 spiro atoms. The first-order valence-corrected chi connectivity index (χ1v) is 8.98. The van der Waals surface area contributed by atoms with Gasteiger partial charge in [0.2, 0.25) is 0 Å². The van der Waals surface area contributed by atoms with Crippen molar-refractivity contribution in [1.29, 1.82) is 0 Å². The van der Waals surface area contributed by atoms with Crippen molar-refractivity contribution in [2.24, 2.45) is 0 Å². The van der Waals surface area contributed by atoms with E-state index >= 15 is 0 Å². The van der Waals surface area contributed by atoms with E-state index in [1.165, 1.54) is 18.3 Å². The maximum atomic E-state index is 11.9. The highest BCUT2D eigenvalue weighted by molar-refractivity contribution is 7.90. The molecule has 0 saturated carbocycles. The van der Waals surface area contributed by atoms with E-state index in [0.29, 0.717) is 12.2 Å². The lowest BCUT2D eigenvalue weighted by atomic mass is 10.2. The van der Waals surface area contributed by atoms with Crippen LogP contribution in [0.25, 0.3) is 0 Å². The van der Waals surface area contributed by atoms with Crippen molar-refractivity contribution in [3.8, 4) is 0 Å². The fourth-order valence-electron chi connectivity index (χ4n) is 2.00. The van der Waals surface area contributed by atoms with Gasteiger partial charge in [-0.3, -0.25) is 0 Å². The van der Waals surface area contributed by atoms with Crippen molar-refractivity contribution in [2.75, 3.05) is 30.6 Å². The van der Waals surface area contributed by atoms with Gasteiger partial charge in [0.05, 0.1) is 11.9 Å². The zero-order valence-corrected chi connectivity index (χ0v) is 14.5.